The number of hydrogen-bond acceptors (Lipinski definition) is 6. The van der Waals surface area contributed by atoms with Crippen LogP contribution in [0, 0.1) is 3.77 Å². The number of unbranched alkanes of at least 4 members (excludes halogenated alkanes) is 1. The molecule has 2 amide bonds. The van der Waals surface area contributed by atoms with Crippen molar-refractivity contribution >= 4 is 57.5 Å². The first-order chi connectivity index (χ1) is 10.5. The van der Waals surface area contributed by atoms with Crippen LogP contribution in [0.2, 0.25) is 0 Å². The number of rotatable bonds is 6. The van der Waals surface area contributed by atoms with Gasteiger partial charge in [0.05, 0.1) is 11.5 Å². The fourth-order valence-corrected chi connectivity index (χ4v) is 2.93. The molecule has 0 atom stereocenters. The van der Waals surface area contributed by atoms with Gasteiger partial charge in [0.1, 0.15) is 12.3 Å². The molecule has 1 aliphatic rings. The van der Waals surface area contributed by atoms with Gasteiger partial charge in [-0.3, -0.25) is 19.3 Å². The molecule has 1 aromatic heterocycles. The molecule has 0 aromatic carbocycles. The van der Waals surface area contributed by atoms with Crippen LogP contribution in [-0.4, -0.2) is 35.2 Å². The normalized spacial score (nSPS) is 16.6. The predicted molar refractivity (Wildman–Crippen MR) is 90.0 cm³/mol. The van der Waals surface area contributed by atoms with Crippen LogP contribution in [0.25, 0.3) is 6.08 Å². The number of carbonyl (C=O) groups is 3. The van der Waals surface area contributed by atoms with Crippen LogP contribution in [-0.2, 0) is 14.3 Å². The highest BCUT2D eigenvalue weighted by molar-refractivity contribution is 14.1. The smallest absolute Gasteiger partial charge is 0.326 e. The molecule has 2 rings (SSSR count). The number of nitrogens with zero attached hydrogens (tertiary/aromatic N) is 1. The van der Waals surface area contributed by atoms with Gasteiger partial charge in [-0.25, -0.2) is 0 Å². The molecule has 1 fully saturated rings. The molecule has 0 aliphatic carbocycles. The number of furan rings is 1. The molecule has 2 heterocycles. The Balaban J connectivity index is 1.99. The zero-order valence-electron chi connectivity index (χ0n) is 11.8. The molecule has 0 spiro atoms. The second-order valence-electron chi connectivity index (χ2n) is 4.48. The number of amides is 2. The molecule has 0 unspecified atom stereocenters. The second kappa shape index (κ2) is 7.82. The number of ether oxygens (including phenoxy) is 1. The third-order valence-electron chi connectivity index (χ3n) is 2.79. The van der Waals surface area contributed by atoms with E-state index >= 15 is 0 Å². The van der Waals surface area contributed by atoms with E-state index in [1.165, 1.54) is 6.08 Å². The summed E-state index contributed by atoms with van der Waals surface area (Å²) in [6.07, 6.45) is 3.15. The van der Waals surface area contributed by atoms with Crippen molar-refractivity contribution in [1.82, 2.24) is 4.90 Å². The van der Waals surface area contributed by atoms with E-state index in [1.807, 2.05) is 29.5 Å². The van der Waals surface area contributed by atoms with Crippen molar-refractivity contribution in [3.8, 4) is 0 Å². The average Bonchev–Trinajstić information content (AvgIpc) is 2.98. The zero-order valence-corrected chi connectivity index (χ0v) is 14.8. The number of halogens is 1. The van der Waals surface area contributed by atoms with E-state index < -0.39 is 17.1 Å². The van der Waals surface area contributed by atoms with E-state index in [0.717, 1.165) is 29.5 Å². The lowest BCUT2D eigenvalue weighted by Crippen LogP contribution is -2.34. The predicted octanol–water partition coefficient (Wildman–Crippen LogP) is 3.26. The van der Waals surface area contributed by atoms with Gasteiger partial charge in [0.2, 0.25) is 0 Å². The minimum absolute atomic E-state index is 0.233. The highest BCUT2D eigenvalue weighted by Gasteiger charge is 2.36. The number of carbonyl (C=O) groups excluding carboxylic acids is 3. The lowest BCUT2D eigenvalue weighted by Gasteiger charge is -2.11. The second-order valence-corrected chi connectivity index (χ2v) is 6.54. The van der Waals surface area contributed by atoms with Crippen molar-refractivity contribution in [3.63, 3.8) is 0 Å². The molecule has 118 valence electrons. The van der Waals surface area contributed by atoms with Crippen molar-refractivity contribution in [3.05, 3.63) is 26.6 Å². The van der Waals surface area contributed by atoms with Gasteiger partial charge in [-0.15, -0.1) is 0 Å². The maximum Gasteiger partial charge on any atom is 0.326 e. The summed E-state index contributed by atoms with van der Waals surface area (Å²) < 4.78 is 11.0. The van der Waals surface area contributed by atoms with E-state index in [9.17, 15) is 14.4 Å². The van der Waals surface area contributed by atoms with E-state index in [-0.39, 0.29) is 11.4 Å². The molecule has 1 aliphatic heterocycles. The first-order valence-corrected chi connectivity index (χ1v) is 8.57. The van der Waals surface area contributed by atoms with Gasteiger partial charge in [-0.05, 0) is 52.9 Å². The Morgan fingerprint density at radius 1 is 1.45 bits per heavy atom. The minimum atomic E-state index is -0.579. The molecule has 0 saturated carbocycles. The van der Waals surface area contributed by atoms with E-state index in [0.29, 0.717) is 16.1 Å². The maximum atomic E-state index is 12.2. The summed E-state index contributed by atoms with van der Waals surface area (Å²) in [4.78, 5) is 36.7. The van der Waals surface area contributed by atoms with Crippen molar-refractivity contribution < 1.29 is 23.5 Å². The molecule has 1 saturated heterocycles. The lowest BCUT2D eigenvalue weighted by atomic mass is 10.3. The fraction of sp³-hybridized carbons (Fsp3) is 0.357. The van der Waals surface area contributed by atoms with Gasteiger partial charge in [-0.1, -0.05) is 13.3 Å². The zero-order chi connectivity index (χ0) is 16.1. The third-order valence-corrected chi connectivity index (χ3v) is 4.28. The van der Waals surface area contributed by atoms with Gasteiger partial charge >= 0.3 is 5.97 Å². The van der Waals surface area contributed by atoms with Crippen molar-refractivity contribution in [2.45, 2.75) is 19.8 Å². The SMILES string of the molecule is CCCCOC(=O)CN1C(=O)S/C(=C\c2ccc(I)o2)C1=O. The highest BCUT2D eigenvalue weighted by Crippen LogP contribution is 2.32. The summed E-state index contributed by atoms with van der Waals surface area (Å²) in [7, 11) is 0. The Kier molecular flexibility index (Phi) is 6.07. The average molecular weight is 435 g/mol. The van der Waals surface area contributed by atoms with E-state index in [4.69, 9.17) is 9.15 Å². The van der Waals surface area contributed by atoms with Crippen LogP contribution in [0.15, 0.2) is 21.5 Å². The first kappa shape index (κ1) is 17.1. The number of hydrogen-bond donors (Lipinski definition) is 0. The van der Waals surface area contributed by atoms with Gasteiger partial charge in [-0.2, -0.15) is 0 Å². The van der Waals surface area contributed by atoms with Crippen LogP contribution in [0.3, 0.4) is 0 Å². The molecule has 22 heavy (non-hydrogen) atoms. The number of imide groups is 1. The van der Waals surface area contributed by atoms with Crippen molar-refractivity contribution in [1.29, 1.82) is 0 Å². The van der Waals surface area contributed by atoms with E-state index in [1.54, 1.807) is 12.1 Å². The van der Waals surface area contributed by atoms with Crippen molar-refractivity contribution in [2.24, 2.45) is 0 Å². The van der Waals surface area contributed by atoms with Crippen LogP contribution < -0.4 is 0 Å². The van der Waals surface area contributed by atoms with Gasteiger partial charge in [0.15, 0.2) is 3.77 Å². The summed E-state index contributed by atoms with van der Waals surface area (Å²) in [5.41, 5.74) is 0. The summed E-state index contributed by atoms with van der Waals surface area (Å²) in [5.74, 6) is -0.598. The molecule has 8 heteroatoms. The molecule has 0 bridgehead atoms. The van der Waals surface area contributed by atoms with Gasteiger partial charge in [0.25, 0.3) is 11.1 Å². The standard InChI is InChI=1S/C14H14INO5S/c1-2-3-6-20-12(17)8-16-13(18)10(22-14(16)19)7-9-4-5-11(15)21-9/h4-5,7H,2-3,6,8H2,1H3/b10-7-. The molecule has 1 aromatic rings. The topological polar surface area (TPSA) is 76.8 Å². The molecule has 0 N–H and O–H groups in total. The Morgan fingerprint density at radius 2 is 2.23 bits per heavy atom. The van der Waals surface area contributed by atoms with Gasteiger partial charge in [0, 0.05) is 6.08 Å². The molecule has 0 radical (unpaired) electrons. The molecule has 6 nitrogen and oxygen atoms in total. The summed E-state index contributed by atoms with van der Waals surface area (Å²) >= 11 is 2.79. The Hall–Kier alpha value is -1.29. The first-order valence-electron chi connectivity index (χ1n) is 6.67. The van der Waals surface area contributed by atoms with Gasteiger partial charge < -0.3 is 9.15 Å². The lowest BCUT2D eigenvalue weighted by molar-refractivity contribution is -0.146. The van der Waals surface area contributed by atoms with Crippen LogP contribution >= 0.6 is 34.4 Å². The number of thioether (sulfide) groups is 1. The Morgan fingerprint density at radius 3 is 2.86 bits per heavy atom. The third kappa shape index (κ3) is 4.35. The Labute approximate surface area is 145 Å². The van der Waals surface area contributed by atoms with Crippen LogP contribution in [0.5, 0.6) is 0 Å². The summed E-state index contributed by atoms with van der Waals surface area (Å²) in [6.45, 7) is 1.92. The maximum absolute atomic E-state index is 12.2. The summed E-state index contributed by atoms with van der Waals surface area (Å²) in [5, 5.41) is -0.482. The van der Waals surface area contributed by atoms with Crippen LogP contribution in [0.4, 0.5) is 4.79 Å². The minimum Gasteiger partial charge on any atom is -0.464 e. The largest absolute Gasteiger partial charge is 0.464 e. The molecular formula is C14H14INO5S. The number of esters is 1. The van der Waals surface area contributed by atoms with Crippen molar-refractivity contribution in [2.75, 3.05) is 13.2 Å². The highest BCUT2D eigenvalue weighted by atomic mass is 127. The van der Waals surface area contributed by atoms with Crippen LogP contribution in [0.1, 0.15) is 25.5 Å². The monoisotopic (exact) mass is 435 g/mol. The molecular weight excluding hydrogens is 421 g/mol. The summed E-state index contributed by atoms with van der Waals surface area (Å²) in [6, 6.07) is 3.45. The van der Waals surface area contributed by atoms with E-state index in [2.05, 4.69) is 0 Å². The Bertz CT molecular complexity index is 625. The fourth-order valence-electron chi connectivity index (χ4n) is 1.68. The quantitative estimate of drug-likeness (QED) is 0.296.